The predicted molar refractivity (Wildman–Crippen MR) is 68.9 cm³/mol. The molecule has 2 unspecified atom stereocenters. The van der Waals surface area contributed by atoms with Gasteiger partial charge in [-0.05, 0) is 26.0 Å². The molecule has 1 fully saturated rings. The monoisotopic (exact) mass is 287 g/mol. The molecule has 0 spiro atoms. The second-order valence-corrected chi connectivity index (χ2v) is 7.11. The maximum atomic E-state index is 11.5. The zero-order valence-electron chi connectivity index (χ0n) is 10.9. The number of aromatic carboxylic acids is 1. The Morgan fingerprint density at radius 1 is 1.53 bits per heavy atom. The SMILES string of the molecule is CC1CS(=O)(=O)CCN1C(C)c1ccc(C(=O)O)o1. The molecule has 1 N–H and O–H groups in total. The summed E-state index contributed by atoms with van der Waals surface area (Å²) in [4.78, 5) is 12.8. The molecular formula is C12H17NO5S. The summed E-state index contributed by atoms with van der Waals surface area (Å²) in [5, 5.41) is 8.82. The highest BCUT2D eigenvalue weighted by Gasteiger charge is 2.32. The van der Waals surface area contributed by atoms with E-state index in [1.54, 1.807) is 6.07 Å². The second kappa shape index (κ2) is 4.97. The van der Waals surface area contributed by atoms with Crippen molar-refractivity contribution in [1.82, 2.24) is 4.90 Å². The minimum absolute atomic E-state index is 0.0980. The minimum atomic E-state index is -2.96. The van der Waals surface area contributed by atoms with E-state index in [0.717, 1.165) is 0 Å². The molecule has 6 nitrogen and oxygen atoms in total. The van der Waals surface area contributed by atoms with Gasteiger partial charge in [-0.2, -0.15) is 0 Å². The number of sulfone groups is 1. The molecule has 2 heterocycles. The number of nitrogens with zero attached hydrogens (tertiary/aromatic N) is 1. The predicted octanol–water partition coefficient (Wildman–Crippen LogP) is 1.16. The lowest BCUT2D eigenvalue weighted by Crippen LogP contribution is -2.47. The largest absolute Gasteiger partial charge is 0.475 e. The van der Waals surface area contributed by atoms with Crippen LogP contribution in [0.4, 0.5) is 0 Å². The van der Waals surface area contributed by atoms with Crippen LogP contribution in [-0.4, -0.2) is 48.5 Å². The normalized spacial score (nSPS) is 25.1. The van der Waals surface area contributed by atoms with Gasteiger partial charge in [-0.25, -0.2) is 13.2 Å². The van der Waals surface area contributed by atoms with E-state index in [9.17, 15) is 13.2 Å². The molecule has 0 aromatic carbocycles. The second-order valence-electron chi connectivity index (χ2n) is 4.88. The maximum absolute atomic E-state index is 11.5. The van der Waals surface area contributed by atoms with E-state index in [1.807, 2.05) is 18.7 Å². The average Bonchev–Trinajstić information content (AvgIpc) is 2.76. The Labute approximate surface area is 111 Å². The van der Waals surface area contributed by atoms with Crippen LogP contribution < -0.4 is 0 Å². The van der Waals surface area contributed by atoms with Gasteiger partial charge in [0.2, 0.25) is 5.76 Å². The molecule has 1 saturated heterocycles. The molecule has 0 bridgehead atoms. The Hall–Kier alpha value is -1.34. The molecule has 2 atom stereocenters. The highest BCUT2D eigenvalue weighted by molar-refractivity contribution is 7.91. The van der Waals surface area contributed by atoms with Crippen LogP contribution in [0, 0.1) is 0 Å². The van der Waals surface area contributed by atoms with E-state index in [1.165, 1.54) is 6.07 Å². The first-order chi connectivity index (χ1) is 8.80. The fourth-order valence-corrected chi connectivity index (χ4v) is 4.02. The topological polar surface area (TPSA) is 87.8 Å². The Morgan fingerprint density at radius 3 is 2.74 bits per heavy atom. The molecule has 1 aromatic heterocycles. The van der Waals surface area contributed by atoms with Crippen LogP contribution in [0.1, 0.15) is 36.2 Å². The molecule has 0 saturated carbocycles. The van der Waals surface area contributed by atoms with E-state index in [4.69, 9.17) is 9.52 Å². The number of hydrogen-bond donors (Lipinski definition) is 1. The van der Waals surface area contributed by atoms with E-state index < -0.39 is 15.8 Å². The van der Waals surface area contributed by atoms with Gasteiger partial charge in [0.1, 0.15) is 5.76 Å². The number of carboxylic acid groups (broad SMARTS) is 1. The Balaban J connectivity index is 2.15. The van der Waals surface area contributed by atoms with Gasteiger partial charge in [-0.3, -0.25) is 4.90 Å². The Bertz CT molecular complexity index is 577. The van der Waals surface area contributed by atoms with Gasteiger partial charge in [0, 0.05) is 12.6 Å². The molecule has 2 rings (SSSR count). The zero-order chi connectivity index (χ0) is 14.2. The first kappa shape index (κ1) is 14.1. The third kappa shape index (κ3) is 2.98. The first-order valence-corrected chi connectivity index (χ1v) is 7.91. The van der Waals surface area contributed by atoms with Crippen LogP contribution in [0.3, 0.4) is 0 Å². The van der Waals surface area contributed by atoms with Crippen molar-refractivity contribution in [3.63, 3.8) is 0 Å². The summed E-state index contributed by atoms with van der Waals surface area (Å²) in [7, 11) is -2.96. The van der Waals surface area contributed by atoms with E-state index in [-0.39, 0.29) is 29.3 Å². The number of rotatable bonds is 3. The molecule has 0 amide bonds. The number of carbonyl (C=O) groups is 1. The van der Waals surface area contributed by atoms with Crippen LogP contribution in [-0.2, 0) is 9.84 Å². The fourth-order valence-electron chi connectivity index (χ4n) is 2.44. The summed E-state index contributed by atoms with van der Waals surface area (Å²) in [6.45, 7) is 4.18. The number of furan rings is 1. The quantitative estimate of drug-likeness (QED) is 0.897. The molecule has 7 heteroatoms. The summed E-state index contributed by atoms with van der Waals surface area (Å²) in [6.07, 6.45) is 0. The van der Waals surface area contributed by atoms with E-state index in [2.05, 4.69) is 0 Å². The molecule has 0 radical (unpaired) electrons. The van der Waals surface area contributed by atoms with E-state index in [0.29, 0.717) is 12.3 Å². The third-order valence-corrected chi connectivity index (χ3v) is 5.26. The summed E-state index contributed by atoms with van der Waals surface area (Å²) >= 11 is 0. The van der Waals surface area contributed by atoms with Crippen LogP contribution >= 0.6 is 0 Å². The van der Waals surface area contributed by atoms with Gasteiger partial charge < -0.3 is 9.52 Å². The lowest BCUT2D eigenvalue weighted by molar-refractivity contribution is 0.0654. The van der Waals surface area contributed by atoms with Gasteiger partial charge >= 0.3 is 5.97 Å². The van der Waals surface area contributed by atoms with Crippen molar-refractivity contribution in [2.24, 2.45) is 0 Å². The van der Waals surface area contributed by atoms with E-state index >= 15 is 0 Å². The molecule has 106 valence electrons. The fraction of sp³-hybridized carbons (Fsp3) is 0.583. The lowest BCUT2D eigenvalue weighted by Gasteiger charge is -2.36. The van der Waals surface area contributed by atoms with Gasteiger partial charge in [0.05, 0.1) is 17.5 Å². The molecule has 19 heavy (non-hydrogen) atoms. The summed E-state index contributed by atoms with van der Waals surface area (Å²) in [5.74, 6) is -0.395. The minimum Gasteiger partial charge on any atom is -0.475 e. The van der Waals surface area contributed by atoms with Crippen molar-refractivity contribution in [2.75, 3.05) is 18.1 Å². The maximum Gasteiger partial charge on any atom is 0.371 e. The van der Waals surface area contributed by atoms with Gasteiger partial charge in [-0.15, -0.1) is 0 Å². The van der Waals surface area contributed by atoms with Gasteiger partial charge in [0.25, 0.3) is 0 Å². The summed E-state index contributed by atoms with van der Waals surface area (Å²) in [5.41, 5.74) is 0. The van der Waals surface area contributed by atoms with Gasteiger partial charge in [-0.1, -0.05) is 0 Å². The standard InChI is InChI=1S/C12H17NO5S/c1-8-7-19(16,17)6-5-13(8)9(2)10-3-4-11(18-10)12(14)15/h3-4,8-9H,5-7H2,1-2H3,(H,14,15). The molecule has 1 aromatic rings. The van der Waals surface area contributed by atoms with Gasteiger partial charge in [0.15, 0.2) is 9.84 Å². The molecular weight excluding hydrogens is 270 g/mol. The third-order valence-electron chi connectivity index (χ3n) is 3.47. The van der Waals surface area contributed by atoms with Crippen LogP contribution in [0.25, 0.3) is 0 Å². The van der Waals surface area contributed by atoms with Crippen molar-refractivity contribution in [1.29, 1.82) is 0 Å². The highest BCUT2D eigenvalue weighted by Crippen LogP contribution is 2.27. The summed E-state index contributed by atoms with van der Waals surface area (Å²) in [6, 6.07) is 2.80. The molecule has 0 aliphatic carbocycles. The van der Waals surface area contributed by atoms with Crippen molar-refractivity contribution < 1.29 is 22.7 Å². The Kier molecular flexibility index (Phi) is 3.69. The van der Waals surface area contributed by atoms with Crippen molar-refractivity contribution >= 4 is 15.8 Å². The van der Waals surface area contributed by atoms with Crippen molar-refractivity contribution in [3.8, 4) is 0 Å². The van der Waals surface area contributed by atoms with Crippen molar-refractivity contribution in [2.45, 2.75) is 25.9 Å². The van der Waals surface area contributed by atoms with Crippen LogP contribution in [0.15, 0.2) is 16.5 Å². The highest BCUT2D eigenvalue weighted by atomic mass is 32.2. The van der Waals surface area contributed by atoms with Crippen LogP contribution in [0.2, 0.25) is 0 Å². The Morgan fingerprint density at radius 2 is 2.21 bits per heavy atom. The zero-order valence-corrected chi connectivity index (χ0v) is 11.7. The lowest BCUT2D eigenvalue weighted by atomic mass is 10.1. The average molecular weight is 287 g/mol. The summed E-state index contributed by atoms with van der Waals surface area (Å²) < 4.78 is 28.3. The molecule has 1 aliphatic heterocycles. The number of hydrogen-bond acceptors (Lipinski definition) is 5. The van der Waals surface area contributed by atoms with Crippen LogP contribution in [0.5, 0.6) is 0 Å². The van der Waals surface area contributed by atoms with Crippen molar-refractivity contribution in [3.05, 3.63) is 23.7 Å². The smallest absolute Gasteiger partial charge is 0.371 e. The number of carboxylic acids is 1. The molecule has 1 aliphatic rings. The first-order valence-electron chi connectivity index (χ1n) is 6.09.